The maximum Gasteiger partial charge on any atom is 0.312 e. The second kappa shape index (κ2) is 12.9. The lowest BCUT2D eigenvalue weighted by Gasteiger charge is -2.37. The van der Waals surface area contributed by atoms with E-state index in [2.05, 4.69) is 25.3 Å². The molecule has 3 saturated heterocycles. The van der Waals surface area contributed by atoms with Crippen LogP contribution in [0.1, 0.15) is 66.2 Å². The number of aliphatic hydroxyl groups is 1. The van der Waals surface area contributed by atoms with E-state index in [9.17, 15) is 19.5 Å². The molecule has 1 N–H and O–H groups in total. The van der Waals surface area contributed by atoms with Crippen molar-refractivity contribution in [3.8, 4) is 0 Å². The van der Waals surface area contributed by atoms with Crippen LogP contribution < -0.4 is 9.80 Å². The average molecular weight is 570 g/mol. The lowest BCUT2D eigenvalue weighted by atomic mass is 9.66. The molecule has 2 amide bonds. The standard InChI is InChI=1S/C32H47N3O6/c1-6-20-34(24-16-14-23(15-17-24)33(7-2)8-3)29(38)27-32-19-18-31(5,41-32)26(30(39)40-9-4)25(32)28(37)35(27)21-12-10-11-13-22-36/h6,14-17,25-27,36H,1,7-13,18-22H2,2-5H3/t25-,26-,27?,31+,32?/m0/s1. The number of benzene rings is 1. The Morgan fingerprint density at radius 1 is 1.10 bits per heavy atom. The molecular weight excluding hydrogens is 522 g/mol. The third kappa shape index (κ3) is 5.50. The predicted molar refractivity (Wildman–Crippen MR) is 159 cm³/mol. The first-order valence-electron chi connectivity index (χ1n) is 15.3. The highest BCUT2D eigenvalue weighted by Gasteiger charge is 2.78. The van der Waals surface area contributed by atoms with Gasteiger partial charge in [0.2, 0.25) is 5.91 Å². The molecule has 4 rings (SSSR count). The molecule has 1 aromatic carbocycles. The number of carbonyl (C=O) groups excluding carboxylic acids is 3. The zero-order valence-corrected chi connectivity index (χ0v) is 25.1. The molecule has 0 radical (unpaired) electrons. The largest absolute Gasteiger partial charge is 0.466 e. The van der Waals surface area contributed by atoms with Gasteiger partial charge >= 0.3 is 5.97 Å². The van der Waals surface area contributed by atoms with Gasteiger partial charge in [-0.2, -0.15) is 0 Å². The van der Waals surface area contributed by atoms with Crippen molar-refractivity contribution in [3.05, 3.63) is 36.9 Å². The maximum atomic E-state index is 14.6. The molecule has 5 atom stereocenters. The van der Waals surface area contributed by atoms with Gasteiger partial charge in [0, 0.05) is 44.2 Å². The van der Waals surface area contributed by atoms with Crippen LogP contribution >= 0.6 is 0 Å². The fourth-order valence-corrected chi connectivity index (χ4v) is 7.31. The second-order valence-corrected chi connectivity index (χ2v) is 11.6. The van der Waals surface area contributed by atoms with E-state index in [1.807, 2.05) is 31.2 Å². The minimum atomic E-state index is -1.09. The van der Waals surface area contributed by atoms with Gasteiger partial charge in [0.15, 0.2) is 0 Å². The molecule has 3 aliphatic rings. The van der Waals surface area contributed by atoms with E-state index >= 15 is 0 Å². The van der Waals surface area contributed by atoms with Gasteiger partial charge in [-0.05, 0) is 77.6 Å². The van der Waals surface area contributed by atoms with Crippen LogP contribution in [0.3, 0.4) is 0 Å². The van der Waals surface area contributed by atoms with Crippen LogP contribution in [0.15, 0.2) is 36.9 Å². The molecule has 1 spiro atoms. The van der Waals surface area contributed by atoms with Gasteiger partial charge in [-0.1, -0.05) is 18.9 Å². The minimum Gasteiger partial charge on any atom is -0.466 e. The van der Waals surface area contributed by atoms with E-state index < -0.39 is 35.0 Å². The Morgan fingerprint density at radius 2 is 1.76 bits per heavy atom. The van der Waals surface area contributed by atoms with Gasteiger partial charge in [-0.3, -0.25) is 14.4 Å². The predicted octanol–water partition coefficient (Wildman–Crippen LogP) is 3.93. The molecule has 1 aromatic rings. The van der Waals surface area contributed by atoms with Crippen LogP contribution in [0, 0.1) is 11.8 Å². The average Bonchev–Trinajstić information content (AvgIpc) is 3.53. The lowest BCUT2D eigenvalue weighted by molar-refractivity contribution is -0.159. The summed E-state index contributed by atoms with van der Waals surface area (Å²) in [5.74, 6) is -2.37. The Labute approximate surface area is 244 Å². The first kappa shape index (κ1) is 31.0. The summed E-state index contributed by atoms with van der Waals surface area (Å²) in [6.45, 7) is 14.5. The van der Waals surface area contributed by atoms with E-state index in [0.29, 0.717) is 32.2 Å². The van der Waals surface area contributed by atoms with Crippen molar-refractivity contribution in [2.24, 2.45) is 11.8 Å². The van der Waals surface area contributed by atoms with Crippen LogP contribution in [0.5, 0.6) is 0 Å². The van der Waals surface area contributed by atoms with E-state index in [0.717, 1.165) is 37.3 Å². The summed E-state index contributed by atoms with van der Waals surface area (Å²) in [5, 5.41) is 9.17. The van der Waals surface area contributed by atoms with Gasteiger partial charge in [0.05, 0.1) is 18.1 Å². The van der Waals surface area contributed by atoms with Crippen molar-refractivity contribution in [1.82, 2.24) is 4.90 Å². The molecule has 3 fully saturated rings. The number of amides is 2. The smallest absolute Gasteiger partial charge is 0.312 e. The van der Waals surface area contributed by atoms with Gasteiger partial charge in [0.25, 0.3) is 5.91 Å². The Morgan fingerprint density at radius 3 is 2.37 bits per heavy atom. The summed E-state index contributed by atoms with van der Waals surface area (Å²) in [7, 11) is 0. The Balaban J connectivity index is 1.71. The molecule has 2 unspecified atom stereocenters. The molecule has 41 heavy (non-hydrogen) atoms. The molecule has 0 saturated carbocycles. The number of anilines is 2. The van der Waals surface area contributed by atoms with Crippen molar-refractivity contribution in [2.45, 2.75) is 83.5 Å². The fourth-order valence-electron chi connectivity index (χ4n) is 7.31. The van der Waals surface area contributed by atoms with Crippen molar-refractivity contribution in [3.63, 3.8) is 0 Å². The zero-order chi connectivity index (χ0) is 29.8. The SMILES string of the molecule is C=CCN(C(=O)C1N(CCCCCCO)C(=O)[C@@H]2[C@@H](C(=O)OCC)[C@@]3(C)CCC12O3)c1ccc(N(CC)CC)cc1. The number of carbonyl (C=O) groups is 3. The molecule has 0 aliphatic carbocycles. The fraction of sp³-hybridized carbons (Fsp3) is 0.656. The second-order valence-electron chi connectivity index (χ2n) is 11.6. The Hall–Kier alpha value is -2.91. The number of hydrogen-bond acceptors (Lipinski definition) is 7. The number of rotatable bonds is 15. The summed E-state index contributed by atoms with van der Waals surface area (Å²) in [6, 6.07) is 7.05. The summed E-state index contributed by atoms with van der Waals surface area (Å²) >= 11 is 0. The Kier molecular flexibility index (Phi) is 9.80. The highest BCUT2D eigenvalue weighted by molar-refractivity contribution is 6.05. The minimum absolute atomic E-state index is 0.131. The number of aliphatic hydroxyl groups excluding tert-OH is 1. The van der Waals surface area contributed by atoms with Crippen LogP contribution in [-0.2, 0) is 23.9 Å². The van der Waals surface area contributed by atoms with Crippen LogP contribution in [0.4, 0.5) is 11.4 Å². The third-order valence-electron chi connectivity index (χ3n) is 9.23. The van der Waals surface area contributed by atoms with Crippen LogP contribution in [0.25, 0.3) is 0 Å². The van der Waals surface area contributed by atoms with Crippen molar-refractivity contribution in [1.29, 1.82) is 0 Å². The highest BCUT2D eigenvalue weighted by Crippen LogP contribution is 2.63. The summed E-state index contributed by atoms with van der Waals surface area (Å²) in [6.07, 6.45) is 5.85. The molecule has 9 heteroatoms. The molecule has 2 bridgehead atoms. The Bertz CT molecular complexity index is 1110. The summed E-state index contributed by atoms with van der Waals surface area (Å²) in [4.78, 5) is 47.6. The number of nitrogens with zero attached hydrogens (tertiary/aromatic N) is 3. The number of unbranched alkanes of at least 4 members (excludes halogenated alkanes) is 3. The van der Waals surface area contributed by atoms with Crippen molar-refractivity contribution >= 4 is 29.2 Å². The highest BCUT2D eigenvalue weighted by atomic mass is 16.6. The molecule has 226 valence electrons. The molecule has 3 heterocycles. The quantitative estimate of drug-likeness (QED) is 0.194. The summed E-state index contributed by atoms with van der Waals surface area (Å²) in [5.41, 5.74) is -0.146. The van der Waals surface area contributed by atoms with E-state index in [-0.39, 0.29) is 31.6 Å². The van der Waals surface area contributed by atoms with E-state index in [1.165, 1.54) is 0 Å². The van der Waals surface area contributed by atoms with E-state index in [4.69, 9.17) is 9.47 Å². The number of hydrogen-bond donors (Lipinski definition) is 1. The number of ether oxygens (including phenoxy) is 2. The molecular formula is C32H47N3O6. The number of esters is 1. The maximum absolute atomic E-state index is 14.6. The number of likely N-dealkylation sites (tertiary alicyclic amines) is 1. The van der Waals surface area contributed by atoms with E-state index in [1.54, 1.807) is 22.8 Å². The van der Waals surface area contributed by atoms with Gasteiger partial charge in [-0.25, -0.2) is 0 Å². The summed E-state index contributed by atoms with van der Waals surface area (Å²) < 4.78 is 12.1. The first-order chi connectivity index (χ1) is 19.7. The first-order valence-corrected chi connectivity index (χ1v) is 15.3. The number of fused-ring (bicyclic) bond motifs is 1. The van der Waals surface area contributed by atoms with Crippen molar-refractivity contribution in [2.75, 3.05) is 49.2 Å². The monoisotopic (exact) mass is 569 g/mol. The van der Waals surface area contributed by atoms with Crippen molar-refractivity contribution < 1.29 is 29.0 Å². The lowest BCUT2D eigenvalue weighted by Crippen LogP contribution is -2.56. The molecule has 3 aliphatic heterocycles. The van der Waals surface area contributed by atoms with Crippen LogP contribution in [0.2, 0.25) is 0 Å². The normalized spacial score (nSPS) is 28.1. The molecule has 9 nitrogen and oxygen atoms in total. The molecule has 0 aromatic heterocycles. The topological polar surface area (TPSA) is 99.6 Å². The zero-order valence-electron chi connectivity index (χ0n) is 25.1. The van der Waals surface area contributed by atoms with Gasteiger partial charge in [0.1, 0.15) is 17.6 Å². The van der Waals surface area contributed by atoms with Crippen LogP contribution in [-0.4, -0.2) is 84.4 Å². The van der Waals surface area contributed by atoms with Gasteiger partial charge in [-0.15, -0.1) is 6.58 Å². The third-order valence-corrected chi connectivity index (χ3v) is 9.23. The van der Waals surface area contributed by atoms with Gasteiger partial charge < -0.3 is 29.3 Å².